The highest BCUT2D eigenvalue weighted by atomic mass is 33.1. The van der Waals surface area contributed by atoms with Gasteiger partial charge in [0.1, 0.15) is 5.78 Å². The number of carbonyl (C=O) groups excluding carboxylic acids is 2. The second-order valence-electron chi connectivity index (χ2n) is 6.92. The van der Waals surface area contributed by atoms with Crippen LogP contribution in [0.1, 0.15) is 104 Å². The molecule has 0 fully saturated rings. The van der Waals surface area contributed by atoms with E-state index in [-0.39, 0.29) is 5.91 Å². The number of rotatable bonds is 20. The number of hydrogen-bond donors (Lipinski definition) is 1. The Bertz CT molecular complexity index is 338. The lowest BCUT2D eigenvalue weighted by Gasteiger charge is -2.04. The lowest BCUT2D eigenvalue weighted by atomic mass is 10.0. The van der Waals surface area contributed by atoms with Crippen molar-refractivity contribution in [3.8, 4) is 0 Å². The van der Waals surface area contributed by atoms with Crippen LogP contribution in [0.5, 0.6) is 0 Å². The molecule has 0 saturated heterocycles. The Labute approximate surface area is 170 Å². The highest BCUT2D eigenvalue weighted by molar-refractivity contribution is 8.76. The predicted molar refractivity (Wildman–Crippen MR) is 119 cm³/mol. The molecule has 0 aromatic carbocycles. The zero-order chi connectivity index (χ0) is 19.3. The molecule has 0 saturated carbocycles. The van der Waals surface area contributed by atoms with Gasteiger partial charge < -0.3 is 5.32 Å². The number of ketones is 1. The van der Waals surface area contributed by atoms with E-state index in [1.54, 1.807) is 21.6 Å². The molecule has 26 heavy (non-hydrogen) atoms. The largest absolute Gasteiger partial charge is 0.356 e. The van der Waals surface area contributed by atoms with Crippen molar-refractivity contribution in [1.29, 1.82) is 0 Å². The van der Waals surface area contributed by atoms with E-state index in [4.69, 9.17) is 0 Å². The van der Waals surface area contributed by atoms with E-state index in [0.29, 0.717) is 25.2 Å². The van der Waals surface area contributed by atoms with Crippen molar-refractivity contribution < 1.29 is 9.59 Å². The second-order valence-corrected chi connectivity index (χ2v) is 9.62. The van der Waals surface area contributed by atoms with E-state index in [0.717, 1.165) is 24.3 Å². The lowest BCUT2D eigenvalue weighted by Crippen LogP contribution is -2.22. The average Bonchev–Trinajstić information content (AvgIpc) is 2.62. The highest BCUT2D eigenvalue weighted by Gasteiger charge is 2.03. The maximum absolute atomic E-state index is 11.8. The van der Waals surface area contributed by atoms with E-state index < -0.39 is 0 Å². The summed E-state index contributed by atoms with van der Waals surface area (Å²) in [6.07, 6.45) is 16.6. The molecule has 0 aromatic rings. The van der Waals surface area contributed by atoms with Gasteiger partial charge in [0.05, 0.1) is 0 Å². The molecule has 3 nitrogen and oxygen atoms in total. The minimum absolute atomic E-state index is 0.119. The van der Waals surface area contributed by atoms with Gasteiger partial charge in [0, 0.05) is 37.3 Å². The molecular weight excluding hydrogens is 362 g/mol. The third-order valence-electron chi connectivity index (χ3n) is 4.39. The normalized spacial score (nSPS) is 10.8. The van der Waals surface area contributed by atoms with Gasteiger partial charge in [-0.2, -0.15) is 0 Å². The number of hydrogen-bond acceptors (Lipinski definition) is 4. The topological polar surface area (TPSA) is 46.2 Å². The molecule has 1 N–H and O–H groups in total. The van der Waals surface area contributed by atoms with Crippen LogP contribution in [0, 0.1) is 0 Å². The number of carbonyl (C=O) groups is 2. The number of amides is 1. The van der Waals surface area contributed by atoms with E-state index in [2.05, 4.69) is 12.2 Å². The van der Waals surface area contributed by atoms with Gasteiger partial charge in [0.2, 0.25) is 5.91 Å². The Morgan fingerprint density at radius 2 is 1.15 bits per heavy atom. The summed E-state index contributed by atoms with van der Waals surface area (Å²) in [6.45, 7) is 4.89. The van der Waals surface area contributed by atoms with Gasteiger partial charge in [0.25, 0.3) is 0 Å². The Balaban J connectivity index is 3.21. The monoisotopic (exact) mass is 403 g/mol. The van der Waals surface area contributed by atoms with Crippen LogP contribution in [0.2, 0.25) is 0 Å². The summed E-state index contributed by atoms with van der Waals surface area (Å²) in [6, 6.07) is 0. The fourth-order valence-corrected chi connectivity index (χ4v) is 4.83. The van der Waals surface area contributed by atoms with Gasteiger partial charge in [0.15, 0.2) is 0 Å². The first-order valence-electron chi connectivity index (χ1n) is 10.7. The third-order valence-corrected chi connectivity index (χ3v) is 6.80. The van der Waals surface area contributed by atoms with Crippen molar-refractivity contribution >= 4 is 33.3 Å². The second kappa shape index (κ2) is 21.1. The van der Waals surface area contributed by atoms with Crippen LogP contribution in [-0.4, -0.2) is 29.7 Å². The van der Waals surface area contributed by atoms with E-state index >= 15 is 0 Å². The van der Waals surface area contributed by atoms with Crippen LogP contribution in [0.25, 0.3) is 0 Å². The molecule has 0 heterocycles. The number of nitrogens with one attached hydrogen (secondary N) is 1. The summed E-state index contributed by atoms with van der Waals surface area (Å²) in [4.78, 5) is 23.1. The molecule has 0 aliphatic carbocycles. The summed E-state index contributed by atoms with van der Waals surface area (Å²) in [5.41, 5.74) is 0. The van der Waals surface area contributed by atoms with Crippen LogP contribution < -0.4 is 5.32 Å². The van der Waals surface area contributed by atoms with Crippen LogP contribution in [0.4, 0.5) is 0 Å². The van der Waals surface area contributed by atoms with E-state index in [1.807, 2.05) is 6.92 Å². The minimum atomic E-state index is 0.119. The molecule has 0 spiro atoms. The molecule has 0 aromatic heterocycles. The maximum atomic E-state index is 11.8. The van der Waals surface area contributed by atoms with Gasteiger partial charge in [-0.1, -0.05) is 92.7 Å². The van der Waals surface area contributed by atoms with Crippen molar-refractivity contribution in [3.05, 3.63) is 0 Å². The van der Waals surface area contributed by atoms with Crippen molar-refractivity contribution in [2.45, 2.75) is 104 Å². The SMILES string of the molecule is CCCCCCCCCCCCCC(=O)CCSSCCC(=O)NCC. The Morgan fingerprint density at radius 1 is 0.654 bits per heavy atom. The van der Waals surface area contributed by atoms with Gasteiger partial charge in [-0.05, 0) is 13.3 Å². The van der Waals surface area contributed by atoms with Gasteiger partial charge in [-0.15, -0.1) is 0 Å². The summed E-state index contributed by atoms with van der Waals surface area (Å²) < 4.78 is 0. The first kappa shape index (κ1) is 25.8. The van der Waals surface area contributed by atoms with Gasteiger partial charge in [-0.25, -0.2) is 0 Å². The van der Waals surface area contributed by atoms with Crippen molar-refractivity contribution in [2.24, 2.45) is 0 Å². The van der Waals surface area contributed by atoms with Gasteiger partial charge in [-0.3, -0.25) is 9.59 Å². The van der Waals surface area contributed by atoms with Crippen LogP contribution >= 0.6 is 21.6 Å². The minimum Gasteiger partial charge on any atom is -0.356 e. The summed E-state index contributed by atoms with van der Waals surface area (Å²) in [5, 5.41) is 2.79. The Morgan fingerprint density at radius 3 is 1.69 bits per heavy atom. The fourth-order valence-electron chi connectivity index (χ4n) is 2.80. The summed E-state index contributed by atoms with van der Waals surface area (Å²) in [5.74, 6) is 2.21. The first-order chi connectivity index (χ1) is 12.7. The van der Waals surface area contributed by atoms with Crippen LogP contribution in [0.3, 0.4) is 0 Å². The van der Waals surface area contributed by atoms with Gasteiger partial charge >= 0.3 is 0 Å². The zero-order valence-electron chi connectivity index (χ0n) is 17.2. The smallest absolute Gasteiger partial charge is 0.220 e. The number of Topliss-reactive ketones (excluding diaryl/α,β-unsaturated/α-hetero) is 1. The molecule has 0 atom stereocenters. The quantitative estimate of drug-likeness (QED) is 0.185. The molecule has 5 heteroatoms. The Kier molecular flexibility index (Phi) is 21.0. The Hall–Kier alpha value is -0.160. The molecule has 0 bridgehead atoms. The average molecular weight is 404 g/mol. The lowest BCUT2D eigenvalue weighted by molar-refractivity contribution is -0.120. The fraction of sp³-hybridized carbons (Fsp3) is 0.905. The predicted octanol–water partition coefficient (Wildman–Crippen LogP) is 6.55. The molecule has 1 amide bonds. The standard InChI is InChI=1S/C21H41NO2S2/c1-3-5-6-7-8-9-10-11-12-13-14-15-20(23)16-18-25-26-19-17-21(24)22-4-2/h3-19H2,1-2H3,(H,22,24). The van der Waals surface area contributed by atoms with Crippen molar-refractivity contribution in [2.75, 3.05) is 18.1 Å². The molecule has 0 rings (SSSR count). The molecule has 0 unspecified atom stereocenters. The van der Waals surface area contributed by atoms with Crippen molar-refractivity contribution in [1.82, 2.24) is 5.32 Å². The van der Waals surface area contributed by atoms with E-state index in [9.17, 15) is 9.59 Å². The highest BCUT2D eigenvalue weighted by Crippen LogP contribution is 2.23. The molecule has 154 valence electrons. The first-order valence-corrected chi connectivity index (χ1v) is 13.2. The molecule has 0 aliphatic heterocycles. The molecule has 0 aliphatic rings. The van der Waals surface area contributed by atoms with E-state index in [1.165, 1.54) is 64.2 Å². The number of unbranched alkanes of at least 4 members (excludes halogenated alkanes) is 10. The maximum Gasteiger partial charge on any atom is 0.220 e. The molecular formula is C21H41NO2S2. The summed E-state index contributed by atoms with van der Waals surface area (Å²) >= 11 is 0. The summed E-state index contributed by atoms with van der Waals surface area (Å²) in [7, 11) is 3.42. The zero-order valence-corrected chi connectivity index (χ0v) is 18.8. The van der Waals surface area contributed by atoms with Crippen LogP contribution in [-0.2, 0) is 9.59 Å². The van der Waals surface area contributed by atoms with Crippen LogP contribution in [0.15, 0.2) is 0 Å². The molecule has 0 radical (unpaired) electrons. The van der Waals surface area contributed by atoms with Crippen molar-refractivity contribution in [3.63, 3.8) is 0 Å². The third kappa shape index (κ3) is 20.2.